The first kappa shape index (κ1) is 6.33. The Balaban J connectivity index is 2.34. The molecule has 0 aromatic rings. The summed E-state index contributed by atoms with van der Waals surface area (Å²) < 4.78 is 3.84. The van der Waals surface area contributed by atoms with Crippen molar-refractivity contribution < 1.29 is 19.4 Å². The average molecular weight is 110 g/mol. The molecule has 0 aliphatic carbocycles. The van der Waals surface area contributed by atoms with Crippen molar-refractivity contribution in [3.63, 3.8) is 0 Å². The molecule has 1 unspecified atom stereocenters. The van der Waals surface area contributed by atoms with Gasteiger partial charge < -0.3 is 4.89 Å². The Morgan fingerprint density at radius 3 is 2.50 bits per heavy atom. The molecular formula is H4BO4P. The molecule has 36 valence electrons. The predicted octanol–water partition coefficient (Wildman–Crippen LogP) is -1.08. The van der Waals surface area contributed by atoms with Crippen LogP contribution in [-0.4, -0.2) is 12.9 Å². The van der Waals surface area contributed by atoms with E-state index in [4.69, 9.17) is 4.89 Å². The van der Waals surface area contributed by atoms with Crippen molar-refractivity contribution in [3.8, 4) is 0 Å². The fourth-order valence-corrected chi connectivity index (χ4v) is 0.148. The first-order chi connectivity index (χ1) is 2.91. The SMILES string of the molecule is BOOOPO. The van der Waals surface area contributed by atoms with E-state index in [1.54, 1.807) is 0 Å². The minimum absolute atomic E-state index is 0.683. The first-order valence-corrected chi connectivity index (χ1v) is 2.02. The molecule has 0 radical (unpaired) electrons. The lowest BCUT2D eigenvalue weighted by Gasteiger charge is -1.90. The zero-order valence-electron chi connectivity index (χ0n) is 3.17. The van der Waals surface area contributed by atoms with Gasteiger partial charge in [0.15, 0.2) is 9.03 Å². The topological polar surface area (TPSA) is 47.9 Å². The normalized spacial score (nSPS) is 10.8. The lowest BCUT2D eigenvalue weighted by molar-refractivity contribution is -0.410. The molecule has 0 saturated carbocycles. The molecular weight excluding hydrogens is 106 g/mol. The van der Waals surface area contributed by atoms with E-state index in [0.717, 1.165) is 0 Å². The van der Waals surface area contributed by atoms with Crippen LogP contribution >= 0.6 is 9.03 Å². The monoisotopic (exact) mass is 110 g/mol. The summed E-state index contributed by atoms with van der Waals surface area (Å²) in [5.74, 6) is 0. The highest BCUT2D eigenvalue weighted by molar-refractivity contribution is 7.24. The maximum atomic E-state index is 7.80. The molecule has 0 bridgehead atoms. The van der Waals surface area contributed by atoms with Gasteiger partial charge in [0.1, 0.15) is 0 Å². The Labute approximate surface area is 37.6 Å². The summed E-state index contributed by atoms with van der Waals surface area (Å²) in [5, 5.41) is 3.74. The van der Waals surface area contributed by atoms with Crippen LogP contribution in [0, 0.1) is 0 Å². The zero-order valence-corrected chi connectivity index (χ0v) is 4.17. The minimum atomic E-state index is -0.683. The molecule has 6 heteroatoms. The van der Waals surface area contributed by atoms with Gasteiger partial charge in [-0.2, -0.15) is 4.67 Å². The van der Waals surface area contributed by atoms with Gasteiger partial charge in [-0.25, -0.2) is 0 Å². The van der Waals surface area contributed by atoms with Crippen LogP contribution in [-0.2, 0) is 14.5 Å². The summed E-state index contributed by atoms with van der Waals surface area (Å²) in [6.45, 7) is 0. The maximum Gasteiger partial charge on any atom is 0.310 e. The van der Waals surface area contributed by atoms with Crippen molar-refractivity contribution in [1.82, 2.24) is 0 Å². The van der Waals surface area contributed by atoms with Crippen molar-refractivity contribution in [1.29, 1.82) is 0 Å². The van der Waals surface area contributed by atoms with Crippen molar-refractivity contribution >= 4 is 17.1 Å². The molecule has 4 nitrogen and oxygen atoms in total. The van der Waals surface area contributed by atoms with E-state index in [1.165, 1.54) is 8.05 Å². The average Bonchev–Trinajstić information content (AvgIpc) is 1.61. The summed E-state index contributed by atoms with van der Waals surface area (Å²) in [6.07, 6.45) is 0. The van der Waals surface area contributed by atoms with Crippen LogP contribution in [0.15, 0.2) is 0 Å². The Kier molecular flexibility index (Phi) is 5.63. The van der Waals surface area contributed by atoms with Gasteiger partial charge in [-0.3, -0.25) is 4.81 Å². The van der Waals surface area contributed by atoms with E-state index in [1.807, 2.05) is 0 Å². The van der Waals surface area contributed by atoms with Gasteiger partial charge in [0.2, 0.25) is 0 Å². The van der Waals surface area contributed by atoms with Crippen LogP contribution in [0.25, 0.3) is 0 Å². The summed E-state index contributed by atoms with van der Waals surface area (Å²) in [4.78, 5) is 11.7. The van der Waals surface area contributed by atoms with Gasteiger partial charge in [0.05, 0.1) is 0 Å². The van der Waals surface area contributed by atoms with Crippen LogP contribution in [0.4, 0.5) is 0 Å². The van der Waals surface area contributed by atoms with Gasteiger partial charge in [-0.05, 0) is 0 Å². The lowest BCUT2D eigenvalue weighted by Crippen LogP contribution is -1.82. The second kappa shape index (κ2) is 5.33. The van der Waals surface area contributed by atoms with Crippen molar-refractivity contribution in [2.75, 3.05) is 0 Å². The highest BCUT2D eigenvalue weighted by Gasteiger charge is 1.74. The van der Waals surface area contributed by atoms with Gasteiger partial charge in [0.25, 0.3) is 0 Å². The van der Waals surface area contributed by atoms with E-state index < -0.39 is 9.03 Å². The van der Waals surface area contributed by atoms with Crippen LogP contribution in [0.2, 0.25) is 0 Å². The third-order valence-electron chi connectivity index (χ3n) is 0.139. The van der Waals surface area contributed by atoms with Crippen LogP contribution in [0.3, 0.4) is 0 Å². The van der Waals surface area contributed by atoms with Gasteiger partial charge in [-0.15, -0.1) is 0 Å². The molecule has 0 aromatic heterocycles. The first-order valence-electron chi connectivity index (χ1n) is 1.17. The number of hydrogen-bond donors (Lipinski definition) is 1. The predicted molar refractivity (Wildman–Crippen MR) is 22.3 cm³/mol. The Morgan fingerprint density at radius 2 is 2.33 bits per heavy atom. The van der Waals surface area contributed by atoms with Gasteiger partial charge in [0, 0.05) is 0 Å². The van der Waals surface area contributed by atoms with Crippen molar-refractivity contribution in [3.05, 3.63) is 0 Å². The molecule has 0 rings (SSSR count). The second-order valence-electron chi connectivity index (χ2n) is 0.409. The molecule has 1 atom stereocenters. The molecule has 0 fully saturated rings. The molecule has 6 heavy (non-hydrogen) atoms. The molecule has 1 N–H and O–H groups in total. The Hall–Kier alpha value is 0.335. The smallest absolute Gasteiger partial charge is 0.310 e. The summed E-state index contributed by atoms with van der Waals surface area (Å²) in [7, 11) is 0.595. The van der Waals surface area contributed by atoms with E-state index in [0.29, 0.717) is 0 Å². The number of rotatable bonds is 3. The quantitative estimate of drug-likeness (QED) is 0.165. The van der Waals surface area contributed by atoms with Crippen molar-refractivity contribution in [2.24, 2.45) is 0 Å². The third-order valence-corrected chi connectivity index (χ3v) is 0.282. The molecule has 0 saturated heterocycles. The number of hydrogen-bond acceptors (Lipinski definition) is 4. The molecule has 0 heterocycles. The molecule has 0 aromatic carbocycles. The fraction of sp³-hybridized carbons (Fsp3) is 0. The van der Waals surface area contributed by atoms with Gasteiger partial charge >= 0.3 is 8.05 Å². The Morgan fingerprint density at radius 1 is 1.67 bits per heavy atom. The lowest BCUT2D eigenvalue weighted by atomic mass is 10.6. The van der Waals surface area contributed by atoms with Crippen LogP contribution in [0.5, 0.6) is 0 Å². The van der Waals surface area contributed by atoms with E-state index in [-0.39, 0.29) is 0 Å². The summed E-state index contributed by atoms with van der Waals surface area (Å²) >= 11 is 0. The van der Waals surface area contributed by atoms with Crippen molar-refractivity contribution in [2.45, 2.75) is 0 Å². The highest BCUT2D eigenvalue weighted by Crippen LogP contribution is 2.01. The molecule has 0 amide bonds. The van der Waals surface area contributed by atoms with Gasteiger partial charge in [-0.1, -0.05) is 5.04 Å². The summed E-state index contributed by atoms with van der Waals surface area (Å²) in [6, 6.07) is 0. The zero-order chi connectivity index (χ0) is 4.83. The summed E-state index contributed by atoms with van der Waals surface area (Å²) in [5.41, 5.74) is 0. The second-order valence-corrected chi connectivity index (χ2v) is 0.759. The highest BCUT2D eigenvalue weighted by atomic mass is 31.1. The van der Waals surface area contributed by atoms with E-state index in [2.05, 4.69) is 14.5 Å². The van der Waals surface area contributed by atoms with Crippen LogP contribution in [0.1, 0.15) is 0 Å². The Bertz CT molecular complexity index is 19.5. The van der Waals surface area contributed by atoms with Crippen LogP contribution < -0.4 is 0 Å². The third kappa shape index (κ3) is 4.33. The molecule has 0 spiro atoms. The molecule has 0 aliphatic heterocycles. The van der Waals surface area contributed by atoms with E-state index in [9.17, 15) is 0 Å². The fourth-order valence-electron chi connectivity index (χ4n) is 0.0492. The molecule has 0 aliphatic rings. The van der Waals surface area contributed by atoms with E-state index >= 15 is 0 Å². The standard InChI is InChI=1S/BH4O4P/c1-3-4-5-6-2/h2,6H,1H2. The minimum Gasteiger partial charge on any atom is -0.350 e. The maximum absolute atomic E-state index is 7.80. The largest absolute Gasteiger partial charge is 0.350 e.